The highest BCUT2D eigenvalue weighted by Gasteiger charge is 2.25. The van der Waals surface area contributed by atoms with Crippen LogP contribution in [0, 0.1) is 0 Å². The molecule has 3 aromatic rings. The number of methoxy groups -OCH3 is 1. The van der Waals surface area contributed by atoms with Crippen molar-refractivity contribution in [3.8, 4) is 16.9 Å². The SMILES string of the molecule is CCCC(=O)/C(=C/C=C/C1CCCc2c1cc(-c1ccccc1)n2-c1cccc(C(C)=O)c1)OC. The molecule has 0 amide bonds. The second-order valence-electron chi connectivity index (χ2n) is 9.03. The molecule has 0 saturated carbocycles. The van der Waals surface area contributed by atoms with Gasteiger partial charge in [-0.3, -0.25) is 9.59 Å². The number of fused-ring (bicyclic) bond motifs is 1. The maximum absolute atomic E-state index is 12.2. The van der Waals surface area contributed by atoms with Gasteiger partial charge in [0.15, 0.2) is 17.3 Å². The normalized spacial score (nSPS) is 15.7. The van der Waals surface area contributed by atoms with Crippen LogP contribution in [0.2, 0.25) is 0 Å². The molecule has 35 heavy (non-hydrogen) atoms. The molecule has 0 N–H and O–H groups in total. The number of Topliss-reactive ketones (excluding diaryl/α,β-unsaturated/α-hetero) is 2. The number of ether oxygens (including phenoxy) is 1. The van der Waals surface area contributed by atoms with E-state index in [1.54, 1.807) is 20.1 Å². The first-order chi connectivity index (χ1) is 17.0. The first kappa shape index (κ1) is 24.5. The summed E-state index contributed by atoms with van der Waals surface area (Å²) in [6.07, 6.45) is 10.3. The molecule has 1 unspecified atom stereocenters. The van der Waals surface area contributed by atoms with Crippen molar-refractivity contribution in [3.63, 3.8) is 0 Å². The lowest BCUT2D eigenvalue weighted by atomic mass is 9.86. The van der Waals surface area contributed by atoms with Crippen LogP contribution in [-0.2, 0) is 16.0 Å². The van der Waals surface area contributed by atoms with Crippen LogP contribution in [0.3, 0.4) is 0 Å². The fourth-order valence-corrected chi connectivity index (χ4v) is 4.87. The van der Waals surface area contributed by atoms with E-state index in [1.807, 2.05) is 37.3 Å². The van der Waals surface area contributed by atoms with Gasteiger partial charge in [0, 0.05) is 29.3 Å². The zero-order chi connectivity index (χ0) is 24.8. The number of allylic oxidation sites excluding steroid dienone is 4. The summed E-state index contributed by atoms with van der Waals surface area (Å²) in [5.74, 6) is 0.747. The smallest absolute Gasteiger partial charge is 0.197 e. The molecule has 0 aliphatic heterocycles. The van der Waals surface area contributed by atoms with Crippen LogP contribution in [0.1, 0.15) is 67.1 Å². The van der Waals surface area contributed by atoms with E-state index < -0.39 is 0 Å². The topological polar surface area (TPSA) is 48.3 Å². The highest BCUT2D eigenvalue weighted by atomic mass is 16.5. The quantitative estimate of drug-likeness (QED) is 0.144. The van der Waals surface area contributed by atoms with Crippen molar-refractivity contribution in [1.82, 2.24) is 4.57 Å². The predicted molar refractivity (Wildman–Crippen MR) is 141 cm³/mol. The third-order valence-corrected chi connectivity index (χ3v) is 6.61. The Morgan fingerprint density at radius 3 is 2.60 bits per heavy atom. The van der Waals surface area contributed by atoms with Gasteiger partial charge < -0.3 is 9.30 Å². The minimum atomic E-state index is 0.0341. The van der Waals surface area contributed by atoms with Crippen LogP contribution in [0.4, 0.5) is 0 Å². The number of rotatable bonds is 9. The number of carbonyl (C=O) groups excluding carboxylic acids is 2. The molecule has 1 atom stereocenters. The Hall–Kier alpha value is -3.66. The second-order valence-corrected chi connectivity index (χ2v) is 9.03. The Labute approximate surface area is 207 Å². The van der Waals surface area contributed by atoms with Gasteiger partial charge in [-0.05, 0) is 68.0 Å². The van der Waals surface area contributed by atoms with Gasteiger partial charge in [-0.2, -0.15) is 0 Å². The molecule has 4 nitrogen and oxygen atoms in total. The van der Waals surface area contributed by atoms with Crippen LogP contribution in [0.25, 0.3) is 16.9 Å². The Balaban J connectivity index is 1.78. The monoisotopic (exact) mass is 467 g/mol. The van der Waals surface area contributed by atoms with E-state index in [-0.39, 0.29) is 17.5 Å². The van der Waals surface area contributed by atoms with Crippen molar-refractivity contribution < 1.29 is 14.3 Å². The number of nitrogens with zero attached hydrogens (tertiary/aromatic N) is 1. The van der Waals surface area contributed by atoms with Crippen molar-refractivity contribution in [2.45, 2.75) is 51.9 Å². The van der Waals surface area contributed by atoms with Crippen LogP contribution in [0.15, 0.2) is 84.7 Å². The fourth-order valence-electron chi connectivity index (χ4n) is 4.87. The number of aromatic nitrogens is 1. The molecule has 0 spiro atoms. The summed E-state index contributed by atoms with van der Waals surface area (Å²) in [6.45, 7) is 3.60. The lowest BCUT2D eigenvalue weighted by molar-refractivity contribution is -0.118. The average Bonchev–Trinajstić information content (AvgIpc) is 3.28. The molecular weight excluding hydrogens is 434 g/mol. The Bertz CT molecular complexity index is 1260. The highest BCUT2D eigenvalue weighted by molar-refractivity contribution is 5.94. The summed E-state index contributed by atoms with van der Waals surface area (Å²) in [7, 11) is 1.55. The molecule has 2 aromatic carbocycles. The van der Waals surface area contributed by atoms with Gasteiger partial charge in [-0.15, -0.1) is 0 Å². The van der Waals surface area contributed by atoms with E-state index in [2.05, 4.69) is 47.0 Å². The van der Waals surface area contributed by atoms with Crippen LogP contribution in [-0.4, -0.2) is 23.2 Å². The summed E-state index contributed by atoms with van der Waals surface area (Å²) in [5.41, 5.74) is 6.57. The van der Waals surface area contributed by atoms with Gasteiger partial charge in [0.1, 0.15) is 0 Å². The van der Waals surface area contributed by atoms with Crippen molar-refractivity contribution in [3.05, 3.63) is 101 Å². The second kappa shape index (κ2) is 11.2. The number of hydrogen-bond donors (Lipinski definition) is 0. The number of benzene rings is 2. The number of ketones is 2. The molecule has 4 heteroatoms. The summed E-state index contributed by atoms with van der Waals surface area (Å²) in [4.78, 5) is 24.3. The van der Waals surface area contributed by atoms with Crippen molar-refractivity contribution in [2.75, 3.05) is 7.11 Å². The molecule has 0 radical (unpaired) electrons. The van der Waals surface area contributed by atoms with Crippen LogP contribution < -0.4 is 0 Å². The average molecular weight is 468 g/mol. The minimum Gasteiger partial charge on any atom is -0.493 e. The van der Waals surface area contributed by atoms with Gasteiger partial charge >= 0.3 is 0 Å². The maximum Gasteiger partial charge on any atom is 0.197 e. The van der Waals surface area contributed by atoms with Gasteiger partial charge in [0.05, 0.1) is 12.8 Å². The van der Waals surface area contributed by atoms with E-state index in [0.29, 0.717) is 17.7 Å². The molecular formula is C31H33NO3. The van der Waals surface area contributed by atoms with Gasteiger partial charge in [-0.1, -0.05) is 61.5 Å². The lowest BCUT2D eigenvalue weighted by Gasteiger charge is -2.22. The Kier molecular flexibility index (Phi) is 7.81. The zero-order valence-corrected chi connectivity index (χ0v) is 20.8. The molecule has 0 bridgehead atoms. The summed E-state index contributed by atoms with van der Waals surface area (Å²) < 4.78 is 7.64. The van der Waals surface area contributed by atoms with Gasteiger partial charge in [0.25, 0.3) is 0 Å². The van der Waals surface area contributed by atoms with Gasteiger partial charge in [0.2, 0.25) is 0 Å². The standard InChI is InChI=1S/C31H33NO3/c1-4-11-30(34)31(35-3)19-10-15-23-14-9-18-28-27(23)21-29(24-12-6-5-7-13-24)32(28)26-17-8-16-25(20-26)22(2)33/h5-8,10,12-13,15-17,19-21,23H,4,9,11,14,18H2,1-3H3/b15-10+,31-19-. The summed E-state index contributed by atoms with van der Waals surface area (Å²) in [6, 6.07) is 20.6. The van der Waals surface area contributed by atoms with E-state index in [4.69, 9.17) is 4.74 Å². The Morgan fingerprint density at radius 1 is 1.09 bits per heavy atom. The van der Waals surface area contributed by atoms with Crippen LogP contribution >= 0.6 is 0 Å². The van der Waals surface area contributed by atoms with Crippen molar-refractivity contribution in [1.29, 1.82) is 0 Å². The predicted octanol–water partition coefficient (Wildman–Crippen LogP) is 7.22. The Morgan fingerprint density at radius 2 is 1.89 bits per heavy atom. The summed E-state index contributed by atoms with van der Waals surface area (Å²) in [5, 5.41) is 0. The first-order valence-electron chi connectivity index (χ1n) is 12.4. The molecule has 1 aliphatic rings. The molecule has 4 rings (SSSR count). The third kappa shape index (κ3) is 5.37. The van der Waals surface area contributed by atoms with E-state index in [0.717, 1.165) is 42.6 Å². The van der Waals surface area contributed by atoms with Crippen molar-refractivity contribution in [2.24, 2.45) is 0 Å². The lowest BCUT2D eigenvalue weighted by Crippen LogP contribution is -2.11. The van der Waals surface area contributed by atoms with Crippen molar-refractivity contribution >= 4 is 11.6 Å². The van der Waals surface area contributed by atoms with E-state index >= 15 is 0 Å². The number of carbonyl (C=O) groups is 2. The third-order valence-electron chi connectivity index (χ3n) is 6.61. The molecule has 1 heterocycles. The summed E-state index contributed by atoms with van der Waals surface area (Å²) >= 11 is 0. The van der Waals surface area contributed by atoms with Gasteiger partial charge in [-0.25, -0.2) is 0 Å². The zero-order valence-electron chi connectivity index (χ0n) is 20.8. The highest BCUT2D eigenvalue weighted by Crippen LogP contribution is 2.40. The molecule has 0 fully saturated rings. The van der Waals surface area contributed by atoms with Crippen LogP contribution in [0.5, 0.6) is 0 Å². The fraction of sp³-hybridized carbons (Fsp3) is 0.290. The number of hydrogen-bond acceptors (Lipinski definition) is 3. The molecule has 1 aromatic heterocycles. The molecule has 180 valence electrons. The van der Waals surface area contributed by atoms with E-state index in [9.17, 15) is 9.59 Å². The minimum absolute atomic E-state index is 0.0341. The molecule has 0 saturated heterocycles. The maximum atomic E-state index is 12.2. The first-order valence-corrected chi connectivity index (χ1v) is 12.4. The molecule has 1 aliphatic carbocycles. The largest absolute Gasteiger partial charge is 0.493 e. The van der Waals surface area contributed by atoms with E-state index in [1.165, 1.54) is 11.3 Å².